The molecule has 1 aromatic carbocycles. The van der Waals surface area contributed by atoms with E-state index < -0.39 is 10.0 Å². The number of sulfonamides is 1. The summed E-state index contributed by atoms with van der Waals surface area (Å²) in [5.74, 6) is -0.578. The van der Waals surface area contributed by atoms with Gasteiger partial charge in [-0.1, -0.05) is 0 Å². The fraction of sp³-hybridized carbons (Fsp3) is 0.500. The Hall–Kier alpha value is -1.60. The van der Waals surface area contributed by atoms with Crippen molar-refractivity contribution in [1.29, 1.82) is 0 Å². The molecular formula is C14H23N3O3S. The highest BCUT2D eigenvalue weighted by Gasteiger charge is 2.11. The summed E-state index contributed by atoms with van der Waals surface area (Å²) in [6.07, 6.45) is 0. The van der Waals surface area contributed by atoms with Gasteiger partial charge in [-0.25, -0.2) is 13.6 Å². The minimum absolute atomic E-state index is 0.00645. The fourth-order valence-corrected chi connectivity index (χ4v) is 2.45. The number of nitrogens with two attached hydrogens (primary N) is 1. The number of nitrogens with one attached hydrogen (secondary N) is 1. The van der Waals surface area contributed by atoms with Crippen LogP contribution in [0.15, 0.2) is 24.3 Å². The molecule has 3 N–H and O–H groups in total. The Kier molecular flexibility index (Phi) is 6.17. The van der Waals surface area contributed by atoms with Crippen LogP contribution in [0, 0.1) is 0 Å². The van der Waals surface area contributed by atoms with Gasteiger partial charge < -0.3 is 10.2 Å². The first-order valence-electron chi connectivity index (χ1n) is 6.90. The highest BCUT2D eigenvalue weighted by atomic mass is 32.2. The van der Waals surface area contributed by atoms with Crippen molar-refractivity contribution in [1.82, 2.24) is 5.32 Å². The Labute approximate surface area is 126 Å². The number of carbonyl (C=O) groups excluding carboxylic acids is 1. The van der Waals surface area contributed by atoms with Crippen LogP contribution in [0.1, 0.15) is 31.1 Å². The quantitative estimate of drug-likeness (QED) is 0.783. The highest BCUT2D eigenvalue weighted by Crippen LogP contribution is 2.17. The first kappa shape index (κ1) is 17.5. The molecule has 0 aliphatic carbocycles. The van der Waals surface area contributed by atoms with Crippen molar-refractivity contribution in [3.05, 3.63) is 29.8 Å². The largest absolute Gasteiger partial charge is 0.369 e. The molecule has 0 radical (unpaired) electrons. The molecule has 1 aromatic rings. The van der Waals surface area contributed by atoms with Crippen molar-refractivity contribution in [3.8, 4) is 0 Å². The van der Waals surface area contributed by atoms with E-state index in [1.54, 1.807) is 12.1 Å². The van der Waals surface area contributed by atoms with Gasteiger partial charge in [0.1, 0.15) is 0 Å². The zero-order chi connectivity index (χ0) is 16.0. The number of hydrogen-bond donors (Lipinski definition) is 2. The van der Waals surface area contributed by atoms with Gasteiger partial charge in [0.05, 0.1) is 5.75 Å². The lowest BCUT2D eigenvalue weighted by Crippen LogP contribution is -2.32. The molecule has 7 heteroatoms. The normalized spacial score (nSPS) is 11.5. The fourth-order valence-electron chi connectivity index (χ4n) is 2.06. The van der Waals surface area contributed by atoms with Crippen molar-refractivity contribution in [2.24, 2.45) is 5.14 Å². The van der Waals surface area contributed by atoms with Gasteiger partial charge in [0.15, 0.2) is 0 Å². The molecule has 0 saturated heterocycles. The van der Waals surface area contributed by atoms with Gasteiger partial charge in [-0.05, 0) is 45.0 Å². The lowest BCUT2D eigenvalue weighted by atomic mass is 10.1. The number of benzene rings is 1. The van der Waals surface area contributed by atoms with Crippen LogP contribution < -0.4 is 15.4 Å². The van der Waals surface area contributed by atoms with E-state index >= 15 is 0 Å². The molecule has 0 saturated carbocycles. The van der Waals surface area contributed by atoms with Gasteiger partial charge in [0, 0.05) is 30.4 Å². The zero-order valence-electron chi connectivity index (χ0n) is 12.7. The Morgan fingerprint density at radius 3 is 2.29 bits per heavy atom. The third kappa shape index (κ3) is 5.73. The SMILES string of the molecule is CCN(c1ccc(C(=O)NCCS(N)(=O)=O)cc1)C(C)C. The number of hydrogen-bond acceptors (Lipinski definition) is 4. The molecule has 0 atom stereocenters. The molecule has 1 amide bonds. The Balaban J connectivity index is 2.67. The van der Waals surface area contributed by atoms with E-state index in [-0.39, 0.29) is 18.2 Å². The Bertz CT molecular complexity index is 568. The number of amides is 1. The number of primary sulfonamides is 1. The monoisotopic (exact) mass is 313 g/mol. The molecule has 0 aliphatic heterocycles. The summed E-state index contributed by atoms with van der Waals surface area (Å²) >= 11 is 0. The maximum absolute atomic E-state index is 11.9. The molecule has 0 spiro atoms. The van der Waals surface area contributed by atoms with Crippen LogP contribution in [0.2, 0.25) is 0 Å². The predicted molar refractivity (Wildman–Crippen MR) is 84.9 cm³/mol. The summed E-state index contributed by atoms with van der Waals surface area (Å²) < 4.78 is 21.6. The van der Waals surface area contributed by atoms with Crippen molar-refractivity contribution < 1.29 is 13.2 Å². The number of anilines is 1. The zero-order valence-corrected chi connectivity index (χ0v) is 13.5. The maximum Gasteiger partial charge on any atom is 0.251 e. The van der Waals surface area contributed by atoms with E-state index in [0.29, 0.717) is 11.6 Å². The van der Waals surface area contributed by atoms with Gasteiger partial charge in [-0.2, -0.15) is 0 Å². The summed E-state index contributed by atoms with van der Waals surface area (Å²) in [5.41, 5.74) is 1.54. The van der Waals surface area contributed by atoms with E-state index in [0.717, 1.165) is 12.2 Å². The summed E-state index contributed by atoms with van der Waals surface area (Å²) in [7, 11) is -3.55. The molecule has 118 valence electrons. The van der Waals surface area contributed by atoms with E-state index in [1.165, 1.54) is 0 Å². The van der Waals surface area contributed by atoms with Gasteiger partial charge >= 0.3 is 0 Å². The molecule has 6 nitrogen and oxygen atoms in total. The summed E-state index contributed by atoms with van der Waals surface area (Å²) in [4.78, 5) is 14.1. The maximum atomic E-state index is 11.9. The number of nitrogens with zero attached hydrogens (tertiary/aromatic N) is 1. The Morgan fingerprint density at radius 2 is 1.86 bits per heavy atom. The van der Waals surface area contributed by atoms with Crippen LogP contribution in [0.25, 0.3) is 0 Å². The van der Waals surface area contributed by atoms with E-state index in [1.807, 2.05) is 12.1 Å². The first-order chi connectivity index (χ1) is 9.74. The number of rotatable bonds is 7. The highest BCUT2D eigenvalue weighted by molar-refractivity contribution is 7.89. The molecule has 0 aromatic heterocycles. The Morgan fingerprint density at radius 1 is 1.29 bits per heavy atom. The third-order valence-corrected chi connectivity index (χ3v) is 3.87. The van der Waals surface area contributed by atoms with E-state index in [4.69, 9.17) is 5.14 Å². The minimum atomic E-state index is -3.55. The molecule has 1 rings (SSSR count). The second-order valence-corrected chi connectivity index (χ2v) is 6.78. The minimum Gasteiger partial charge on any atom is -0.369 e. The lowest BCUT2D eigenvalue weighted by Gasteiger charge is -2.27. The van der Waals surface area contributed by atoms with E-state index in [9.17, 15) is 13.2 Å². The summed E-state index contributed by atoms with van der Waals surface area (Å²) in [5, 5.41) is 7.40. The average molecular weight is 313 g/mol. The lowest BCUT2D eigenvalue weighted by molar-refractivity contribution is 0.0956. The molecule has 0 fully saturated rings. The molecular weight excluding hydrogens is 290 g/mol. The molecule has 21 heavy (non-hydrogen) atoms. The van der Waals surface area contributed by atoms with Crippen LogP contribution in [-0.2, 0) is 10.0 Å². The predicted octanol–water partition coefficient (Wildman–Crippen LogP) is 0.940. The van der Waals surface area contributed by atoms with Crippen molar-refractivity contribution in [2.45, 2.75) is 26.8 Å². The average Bonchev–Trinajstić information content (AvgIpc) is 2.38. The van der Waals surface area contributed by atoms with Gasteiger partial charge in [0.25, 0.3) is 5.91 Å². The van der Waals surface area contributed by atoms with Gasteiger partial charge in [-0.3, -0.25) is 4.79 Å². The summed E-state index contributed by atoms with van der Waals surface area (Å²) in [6.45, 7) is 7.19. The third-order valence-electron chi connectivity index (χ3n) is 3.10. The van der Waals surface area contributed by atoms with Crippen molar-refractivity contribution in [2.75, 3.05) is 23.7 Å². The van der Waals surface area contributed by atoms with Crippen LogP contribution in [0.3, 0.4) is 0 Å². The van der Waals surface area contributed by atoms with Crippen molar-refractivity contribution in [3.63, 3.8) is 0 Å². The number of carbonyl (C=O) groups is 1. The van der Waals surface area contributed by atoms with E-state index in [2.05, 4.69) is 31.0 Å². The molecule has 0 bridgehead atoms. The molecule has 0 aliphatic rings. The second kappa shape index (κ2) is 7.42. The van der Waals surface area contributed by atoms with Gasteiger partial charge in [0.2, 0.25) is 10.0 Å². The standard InChI is InChI=1S/C14H23N3O3S/c1-4-17(11(2)3)13-7-5-12(6-8-13)14(18)16-9-10-21(15,19)20/h5-8,11H,4,9-10H2,1-3H3,(H,16,18)(H2,15,19,20). The molecule has 0 heterocycles. The topological polar surface area (TPSA) is 92.5 Å². The van der Waals surface area contributed by atoms with Crippen LogP contribution >= 0.6 is 0 Å². The summed E-state index contributed by atoms with van der Waals surface area (Å²) in [6, 6.07) is 7.61. The molecule has 0 unspecified atom stereocenters. The van der Waals surface area contributed by atoms with Crippen molar-refractivity contribution >= 4 is 21.6 Å². The second-order valence-electron chi connectivity index (χ2n) is 5.05. The van der Waals surface area contributed by atoms with Gasteiger partial charge in [-0.15, -0.1) is 0 Å². The first-order valence-corrected chi connectivity index (χ1v) is 8.61. The smallest absolute Gasteiger partial charge is 0.251 e. The van der Waals surface area contributed by atoms with Crippen LogP contribution in [0.4, 0.5) is 5.69 Å². The van der Waals surface area contributed by atoms with Crippen LogP contribution in [0.5, 0.6) is 0 Å². The van der Waals surface area contributed by atoms with Crippen LogP contribution in [-0.4, -0.2) is 39.2 Å².